The Hall–Kier alpha value is -4.68. The topological polar surface area (TPSA) is 136 Å². The Morgan fingerprint density at radius 2 is 1.95 bits per heavy atom. The number of aliphatic carboxylic acids is 1. The summed E-state index contributed by atoms with van der Waals surface area (Å²) in [5, 5.41) is 15.3. The van der Waals surface area contributed by atoms with Gasteiger partial charge in [0.25, 0.3) is 5.89 Å². The fraction of sp³-hybridized carbons (Fsp3) is 0.296. The molecule has 3 aromatic heterocycles. The zero-order valence-electron chi connectivity index (χ0n) is 21.0. The van der Waals surface area contributed by atoms with Crippen molar-refractivity contribution in [1.29, 1.82) is 0 Å². The van der Waals surface area contributed by atoms with E-state index in [1.54, 1.807) is 6.07 Å². The van der Waals surface area contributed by atoms with Crippen LogP contribution in [0.4, 0.5) is 13.2 Å². The molecule has 13 heteroatoms. The van der Waals surface area contributed by atoms with Gasteiger partial charge in [0.15, 0.2) is 5.82 Å². The molecule has 2 aliphatic carbocycles. The molecule has 1 aromatic carbocycles. The number of aromatic nitrogens is 5. The van der Waals surface area contributed by atoms with Crippen molar-refractivity contribution in [2.24, 2.45) is 0 Å². The van der Waals surface area contributed by atoms with Gasteiger partial charge in [0, 0.05) is 46.4 Å². The summed E-state index contributed by atoms with van der Waals surface area (Å²) in [6, 6.07) is 4.09. The van der Waals surface area contributed by atoms with E-state index in [-0.39, 0.29) is 35.7 Å². The van der Waals surface area contributed by atoms with Crippen LogP contribution in [0, 0.1) is 0 Å². The van der Waals surface area contributed by atoms with E-state index >= 15 is 0 Å². The number of aromatic amines is 1. The second-order valence-electron chi connectivity index (χ2n) is 9.60. The number of hydrogen-bond acceptors (Lipinski definition) is 8. The third-order valence-corrected chi connectivity index (χ3v) is 7.03. The van der Waals surface area contributed by atoms with Crippen LogP contribution in [0.1, 0.15) is 48.2 Å². The first-order valence-electron chi connectivity index (χ1n) is 12.4. The summed E-state index contributed by atoms with van der Waals surface area (Å²) in [5.41, 5.74) is 3.07. The molecular weight excluding hydrogens is 531 g/mol. The maximum Gasteiger partial charge on any atom is 0.573 e. The molecule has 3 heterocycles. The van der Waals surface area contributed by atoms with Gasteiger partial charge in [-0.3, -0.25) is 4.79 Å². The van der Waals surface area contributed by atoms with Crippen molar-refractivity contribution in [1.82, 2.24) is 25.1 Å². The van der Waals surface area contributed by atoms with Crippen LogP contribution in [0.15, 0.2) is 35.1 Å². The molecule has 0 bridgehead atoms. The number of carbonyl (C=O) groups is 1. The minimum absolute atomic E-state index is 0.0262. The first kappa shape index (κ1) is 25.6. The van der Waals surface area contributed by atoms with Crippen LogP contribution in [0.5, 0.6) is 11.8 Å². The Morgan fingerprint density at radius 3 is 2.67 bits per heavy atom. The van der Waals surface area contributed by atoms with E-state index in [0.29, 0.717) is 23.4 Å². The van der Waals surface area contributed by atoms with Crippen LogP contribution in [0.2, 0.25) is 0 Å². The Labute approximate surface area is 224 Å². The molecular formula is C27H22F3N5O5. The lowest BCUT2D eigenvalue weighted by molar-refractivity contribution is -0.274. The van der Waals surface area contributed by atoms with Gasteiger partial charge in [-0.05, 0) is 53.8 Å². The first-order chi connectivity index (χ1) is 19.2. The zero-order valence-corrected chi connectivity index (χ0v) is 21.0. The van der Waals surface area contributed by atoms with E-state index in [4.69, 9.17) is 9.26 Å². The molecule has 0 fully saturated rings. The third-order valence-electron chi connectivity index (χ3n) is 7.03. The number of ether oxygens (including phenoxy) is 2. The largest absolute Gasteiger partial charge is 0.573 e. The monoisotopic (exact) mass is 553 g/mol. The lowest BCUT2D eigenvalue weighted by Gasteiger charge is -2.12. The standard InChI is InChI=1S/C27H22F3N5O5/c1-38-26-31-11-17(12-32-26)15-6-16(8-18(7-15)39-27(28,29)30)25-34-24(35-40-25)14-3-5-21-20(9-14)19-4-2-13(10-22(36)37)23(19)33-21/h5-9,11-14,33H,2-4,10H2,1H3,(H,36,37). The number of methoxy groups -OCH3 is 1. The molecule has 0 amide bonds. The molecule has 4 aromatic rings. The summed E-state index contributed by atoms with van der Waals surface area (Å²) < 4.78 is 53.9. The summed E-state index contributed by atoms with van der Waals surface area (Å²) in [7, 11) is 1.40. The lowest BCUT2D eigenvalue weighted by Crippen LogP contribution is -2.29. The first-order valence-corrected chi connectivity index (χ1v) is 12.4. The highest BCUT2D eigenvalue weighted by Crippen LogP contribution is 2.35. The number of hydrogen-bond donors (Lipinski definition) is 2. The maximum absolute atomic E-state index is 13.1. The second kappa shape index (κ2) is 9.81. The van der Waals surface area contributed by atoms with E-state index in [9.17, 15) is 23.1 Å². The number of rotatable bonds is 7. The van der Waals surface area contributed by atoms with Gasteiger partial charge in [0.05, 0.1) is 13.5 Å². The molecule has 2 aliphatic rings. The molecule has 0 radical (unpaired) electrons. The predicted molar refractivity (Wildman–Crippen MR) is 134 cm³/mol. The highest BCUT2D eigenvalue weighted by molar-refractivity contribution is 5.71. The minimum atomic E-state index is -4.91. The van der Waals surface area contributed by atoms with Crippen molar-refractivity contribution in [2.75, 3.05) is 7.11 Å². The molecule has 0 spiro atoms. The summed E-state index contributed by atoms with van der Waals surface area (Å²) in [4.78, 5) is 27.2. The van der Waals surface area contributed by atoms with Crippen molar-refractivity contribution < 1.29 is 37.1 Å². The number of carboxylic acids is 1. The van der Waals surface area contributed by atoms with Crippen molar-refractivity contribution in [3.8, 4) is 34.3 Å². The average molecular weight is 553 g/mol. The molecule has 0 saturated carbocycles. The number of nitrogens with zero attached hydrogens (tertiary/aromatic N) is 4. The Kier molecular flexibility index (Phi) is 6.28. The average Bonchev–Trinajstić information content (AvgIpc) is 3.64. The van der Waals surface area contributed by atoms with Gasteiger partial charge in [-0.15, -0.1) is 13.2 Å². The number of H-pyrrole nitrogens is 1. The van der Waals surface area contributed by atoms with Crippen molar-refractivity contribution >= 4 is 18.1 Å². The normalized spacial score (nSPS) is 17.9. The van der Waals surface area contributed by atoms with Crippen LogP contribution >= 0.6 is 0 Å². The van der Waals surface area contributed by atoms with Crippen molar-refractivity contribution in [3.63, 3.8) is 0 Å². The maximum atomic E-state index is 13.1. The van der Waals surface area contributed by atoms with E-state index in [1.165, 1.54) is 31.6 Å². The van der Waals surface area contributed by atoms with E-state index in [2.05, 4.69) is 29.8 Å². The molecule has 2 unspecified atom stereocenters. The molecule has 6 rings (SSSR count). The van der Waals surface area contributed by atoms with Crippen LogP contribution < -0.4 is 20.0 Å². The summed E-state index contributed by atoms with van der Waals surface area (Å²) in [5.74, 6) is -1.17. The number of alkyl halides is 3. The van der Waals surface area contributed by atoms with Crippen LogP contribution in [0.3, 0.4) is 0 Å². The third kappa shape index (κ3) is 5.01. The van der Waals surface area contributed by atoms with Gasteiger partial charge in [-0.25, -0.2) is 9.97 Å². The lowest BCUT2D eigenvalue weighted by atomic mass is 9.97. The summed E-state index contributed by atoms with van der Waals surface area (Å²) in [6.07, 6.45) is 4.17. The highest BCUT2D eigenvalue weighted by Gasteiger charge is 2.32. The van der Waals surface area contributed by atoms with Gasteiger partial charge in [0.1, 0.15) is 5.75 Å². The van der Waals surface area contributed by atoms with Crippen LogP contribution in [0.25, 0.3) is 34.7 Å². The van der Waals surface area contributed by atoms with Gasteiger partial charge in [-0.2, -0.15) is 4.98 Å². The van der Waals surface area contributed by atoms with Crippen LogP contribution in [-0.4, -0.2) is 49.6 Å². The quantitative estimate of drug-likeness (QED) is 0.351. The summed E-state index contributed by atoms with van der Waals surface area (Å²) >= 11 is 0. The fourth-order valence-electron chi connectivity index (χ4n) is 5.29. The van der Waals surface area contributed by atoms with Gasteiger partial charge in [0.2, 0.25) is 0 Å². The Balaban J connectivity index is 1.33. The van der Waals surface area contributed by atoms with Crippen molar-refractivity contribution in [2.45, 2.75) is 43.9 Å². The van der Waals surface area contributed by atoms with E-state index in [1.807, 2.05) is 12.2 Å². The predicted octanol–water partition coefficient (Wildman–Crippen LogP) is 3.68. The van der Waals surface area contributed by atoms with Gasteiger partial charge < -0.3 is 24.1 Å². The van der Waals surface area contributed by atoms with E-state index in [0.717, 1.165) is 34.7 Å². The fourth-order valence-corrected chi connectivity index (χ4v) is 5.29. The smallest absolute Gasteiger partial charge is 0.481 e. The molecule has 2 atom stereocenters. The summed E-state index contributed by atoms with van der Waals surface area (Å²) in [6.45, 7) is 0. The molecule has 2 N–H and O–H groups in total. The number of halogens is 3. The second-order valence-corrected chi connectivity index (χ2v) is 9.60. The Bertz CT molecular complexity index is 1710. The zero-order chi connectivity index (χ0) is 28.0. The SMILES string of the molecule is COc1ncc(-c2cc(OC(F)(F)F)cc(-c3nc(C4C=c5c6c([nH]c5=CC4)C(CC(=O)O)CC6)no3)c2)cn1. The number of carboxylic acid groups (broad SMARTS) is 1. The Morgan fingerprint density at radius 1 is 1.18 bits per heavy atom. The van der Waals surface area contributed by atoms with Gasteiger partial charge >= 0.3 is 18.3 Å². The minimum Gasteiger partial charge on any atom is -0.481 e. The molecule has 40 heavy (non-hydrogen) atoms. The number of nitrogens with one attached hydrogen (secondary N) is 1. The van der Waals surface area contributed by atoms with E-state index < -0.39 is 18.1 Å². The van der Waals surface area contributed by atoms with Gasteiger partial charge in [-0.1, -0.05) is 17.3 Å². The molecule has 10 nitrogen and oxygen atoms in total. The van der Waals surface area contributed by atoms with Crippen LogP contribution in [-0.2, 0) is 11.2 Å². The molecule has 206 valence electrons. The highest BCUT2D eigenvalue weighted by atomic mass is 19.4. The van der Waals surface area contributed by atoms with Crippen molar-refractivity contribution in [3.05, 3.63) is 58.2 Å². The molecule has 0 saturated heterocycles. The number of fused-ring (bicyclic) bond motifs is 3. The molecule has 0 aliphatic heterocycles. The number of benzene rings is 1.